The molecule has 10 amide bonds. The monoisotopic (exact) mass is 1400 g/mol. The van der Waals surface area contributed by atoms with Crippen LogP contribution >= 0.6 is 12.4 Å². The van der Waals surface area contributed by atoms with Gasteiger partial charge in [-0.1, -0.05) is 117 Å². The number of aliphatic imine (C=N–C) groups is 1. The van der Waals surface area contributed by atoms with Gasteiger partial charge in [0.15, 0.2) is 5.96 Å². The number of phenolic OH excluding ortho intramolecular Hbond substituents is 1. The third-order valence-corrected chi connectivity index (χ3v) is 16.2. The average Bonchev–Trinajstić information content (AvgIpc) is 1.64. The fourth-order valence-corrected chi connectivity index (χ4v) is 11.1. The van der Waals surface area contributed by atoms with E-state index in [2.05, 4.69) is 52.5 Å². The number of nitrogens with two attached hydrogens (primary N) is 3. The number of benzene rings is 5. The van der Waals surface area contributed by atoms with Crippen LogP contribution in [-0.4, -0.2) is 174 Å². The van der Waals surface area contributed by atoms with Gasteiger partial charge in [-0.15, -0.1) is 12.4 Å². The van der Waals surface area contributed by atoms with Gasteiger partial charge in [-0.25, -0.2) is 4.79 Å². The second-order valence-electron chi connectivity index (χ2n) is 24.2. The number of halogens is 1. The Morgan fingerprint density at radius 1 is 0.610 bits per heavy atom. The highest BCUT2D eigenvalue weighted by Gasteiger charge is 2.40. The molecule has 2 heterocycles. The third-order valence-electron chi connectivity index (χ3n) is 16.2. The van der Waals surface area contributed by atoms with Crippen molar-refractivity contribution in [1.82, 2.24) is 52.4 Å². The zero-order valence-corrected chi connectivity index (χ0v) is 56.6. The fraction of sp³-hybridized carbons (Fsp3) is 0.386. The van der Waals surface area contributed by atoms with E-state index in [4.69, 9.17) is 31.4 Å². The zero-order chi connectivity index (χ0) is 71.4. The maximum Gasteiger partial charge on any atom is 0.408 e. The molecule has 1 saturated heterocycles. The summed E-state index contributed by atoms with van der Waals surface area (Å²) in [4.78, 5) is 150. The van der Waals surface area contributed by atoms with Crippen molar-refractivity contribution in [2.75, 3.05) is 40.0 Å². The van der Waals surface area contributed by atoms with Gasteiger partial charge in [-0.05, 0) is 96.2 Å². The van der Waals surface area contributed by atoms with Crippen molar-refractivity contribution in [3.05, 3.63) is 167 Å². The second kappa shape index (κ2) is 39.6. The van der Waals surface area contributed by atoms with Crippen LogP contribution in [0.15, 0.2) is 145 Å². The SMILES string of the molecule is COc1ccc(COC(=O)N[C@@H](COCc2ccccc2)C(=O)N[C@@H](Cc2c[nH]c3ccccc23)C(=O)N[C@@H](CO)C(=O)N[C@@H](Cc2ccc(O)cc2)C(=O)N[C@H](Cc2ccccc2)C(=O)N[C@@H](CC(C)C)C(=O)N[C@@H](CCCN=C(N)N)C(=O)N2CCC[C@H]2C(=O)NCC(N)=O)cc1.Cl. The molecule has 1 aromatic heterocycles. The number of alkyl carbamates (subject to hydrolysis) is 1. The summed E-state index contributed by atoms with van der Waals surface area (Å²) in [5.41, 5.74) is 20.0. The highest BCUT2D eigenvalue weighted by Crippen LogP contribution is 2.23. The van der Waals surface area contributed by atoms with Crippen LogP contribution in [-0.2, 0) is 85.1 Å². The lowest BCUT2D eigenvalue weighted by Crippen LogP contribution is -2.61. The third kappa shape index (κ3) is 24.6. The average molecular weight is 1400 g/mol. The van der Waals surface area contributed by atoms with Gasteiger partial charge in [0.25, 0.3) is 0 Å². The molecule has 1 fully saturated rings. The molecule has 0 spiro atoms. The van der Waals surface area contributed by atoms with Crippen LogP contribution in [0.5, 0.6) is 11.5 Å². The van der Waals surface area contributed by atoms with Crippen LogP contribution in [0.3, 0.4) is 0 Å². The number of nitrogens with one attached hydrogen (secondary N) is 9. The molecular formula is C70H89ClN14O15. The van der Waals surface area contributed by atoms with Crippen molar-refractivity contribution >= 4 is 88.5 Å². The summed E-state index contributed by atoms with van der Waals surface area (Å²) in [6.45, 7) is 1.79. The summed E-state index contributed by atoms with van der Waals surface area (Å²) >= 11 is 0. The van der Waals surface area contributed by atoms with Gasteiger partial charge in [0.05, 0.1) is 33.5 Å². The zero-order valence-electron chi connectivity index (χ0n) is 55.8. The standard InChI is InChI=1S/C70H88N14O15.ClH/c1-42(2)32-53(61(88)77-52(20-12-30-74-69(72)73)68(95)84-31-13-21-59(84)67(94)76-37-60(71)87)78-62(89)54(33-43-14-6-4-7-15-43)79-63(90)55(34-44-22-26-48(86)27-23-44)80-65(92)57(38-85)82-64(91)56(35-47-36-75-51-19-11-10-18-50(47)51)81-66(93)58(41-98-39-45-16-8-5-9-17-45)83-70(96)99-40-46-24-28-49(97-3)29-25-46;/h4-11,14-19,22-29,36,42,52-59,75,85-86H,12-13,20-21,30-35,37-41H2,1-3H3,(H2,71,87)(H,76,94)(H,77,88)(H,78,89)(H,79,90)(H,80,92)(H,81,93)(H,82,91)(H,83,96)(H4,72,73,74);1H/t52-,53-,54+,55-,56-,57-,58-,59-;/m0./s1. The highest BCUT2D eigenvalue weighted by atomic mass is 35.5. The minimum absolute atomic E-state index is 0. The number of phenols is 1. The van der Waals surface area contributed by atoms with E-state index in [1.165, 1.54) is 36.3 Å². The highest BCUT2D eigenvalue weighted by molar-refractivity contribution is 5.99. The van der Waals surface area contributed by atoms with E-state index >= 15 is 0 Å². The summed E-state index contributed by atoms with van der Waals surface area (Å²) in [6.07, 6.45) is 0.939. The number of aromatic hydroxyl groups is 1. The molecule has 1 aliphatic heterocycles. The summed E-state index contributed by atoms with van der Waals surface area (Å²) < 4.78 is 16.6. The number of aliphatic hydroxyl groups is 1. The molecule has 7 rings (SSSR count). The number of aliphatic hydroxyl groups excluding tert-OH is 1. The van der Waals surface area contributed by atoms with Crippen LogP contribution in [0.4, 0.5) is 4.79 Å². The number of hydrogen-bond donors (Lipinski definition) is 14. The fourth-order valence-electron chi connectivity index (χ4n) is 11.1. The van der Waals surface area contributed by atoms with Crippen molar-refractivity contribution in [2.24, 2.45) is 28.1 Å². The smallest absolute Gasteiger partial charge is 0.408 e. The Morgan fingerprint density at radius 3 is 1.73 bits per heavy atom. The summed E-state index contributed by atoms with van der Waals surface area (Å²) in [7, 11) is 1.51. The molecule has 30 heteroatoms. The van der Waals surface area contributed by atoms with Crippen LogP contribution in [0.2, 0.25) is 0 Å². The van der Waals surface area contributed by atoms with Gasteiger partial charge < -0.3 is 94.0 Å². The Labute approximate surface area is 584 Å². The van der Waals surface area contributed by atoms with E-state index in [1.54, 1.807) is 123 Å². The van der Waals surface area contributed by atoms with Crippen LogP contribution in [0.1, 0.15) is 73.8 Å². The van der Waals surface area contributed by atoms with Crippen LogP contribution in [0, 0.1) is 5.92 Å². The number of guanidine groups is 1. The van der Waals surface area contributed by atoms with Crippen molar-refractivity contribution in [3.8, 4) is 11.5 Å². The van der Waals surface area contributed by atoms with E-state index in [0.29, 0.717) is 45.3 Å². The molecule has 29 nitrogen and oxygen atoms in total. The Hall–Kier alpha value is -10.8. The Kier molecular flexibility index (Phi) is 31.0. The number of aromatic amines is 1. The number of methoxy groups -OCH3 is 1. The molecule has 5 aromatic carbocycles. The van der Waals surface area contributed by atoms with Crippen molar-refractivity contribution in [3.63, 3.8) is 0 Å². The first-order valence-corrected chi connectivity index (χ1v) is 32.5. The van der Waals surface area contributed by atoms with Gasteiger partial charge in [0, 0.05) is 49.5 Å². The molecule has 8 atom stereocenters. The maximum atomic E-state index is 15.0. The van der Waals surface area contributed by atoms with E-state index in [0.717, 1.165) is 5.56 Å². The summed E-state index contributed by atoms with van der Waals surface area (Å²) in [5.74, 6) is -7.49. The number of amides is 10. The number of rotatable bonds is 37. The van der Waals surface area contributed by atoms with E-state index in [-0.39, 0.29) is 101 Å². The normalized spacial score (nSPS) is 14.6. The van der Waals surface area contributed by atoms with E-state index < -0.39 is 127 Å². The second-order valence-corrected chi connectivity index (χ2v) is 24.2. The topological polar surface area (TPSA) is 445 Å². The molecule has 17 N–H and O–H groups in total. The van der Waals surface area contributed by atoms with Crippen LogP contribution in [0.25, 0.3) is 10.9 Å². The molecule has 0 bridgehead atoms. The number of primary amides is 1. The number of carbonyl (C=O) groups excluding carboxylic acids is 10. The van der Waals surface area contributed by atoms with Gasteiger partial charge in [0.1, 0.15) is 66.4 Å². The van der Waals surface area contributed by atoms with E-state index in [9.17, 15) is 58.2 Å². The molecule has 6 aromatic rings. The molecule has 100 heavy (non-hydrogen) atoms. The van der Waals surface area contributed by atoms with Gasteiger partial charge in [0.2, 0.25) is 53.2 Å². The molecule has 0 aliphatic carbocycles. The molecular weight excluding hydrogens is 1310 g/mol. The lowest BCUT2D eigenvalue weighted by atomic mass is 9.99. The lowest BCUT2D eigenvalue weighted by molar-refractivity contribution is -0.142. The quantitative estimate of drug-likeness (QED) is 0.0149. The number of fused-ring (bicyclic) bond motifs is 1. The molecule has 1 aliphatic rings. The Bertz CT molecular complexity index is 3730. The van der Waals surface area contributed by atoms with Crippen molar-refractivity contribution in [2.45, 2.75) is 127 Å². The summed E-state index contributed by atoms with van der Waals surface area (Å²) in [6, 6.07) is 25.8. The van der Waals surface area contributed by atoms with E-state index in [1.807, 2.05) is 6.07 Å². The first-order valence-electron chi connectivity index (χ1n) is 32.5. The number of hydrogen-bond acceptors (Lipinski definition) is 16. The number of carbonyl (C=O) groups is 10. The largest absolute Gasteiger partial charge is 0.508 e. The molecule has 536 valence electrons. The Morgan fingerprint density at radius 2 is 1.13 bits per heavy atom. The molecule has 0 radical (unpaired) electrons. The number of likely N-dealkylation sites (tertiary alicyclic amines) is 1. The minimum Gasteiger partial charge on any atom is -0.508 e. The number of aromatic nitrogens is 1. The molecule has 0 saturated carbocycles. The number of ether oxygens (including phenoxy) is 3. The van der Waals surface area contributed by atoms with Gasteiger partial charge >= 0.3 is 6.09 Å². The summed E-state index contributed by atoms with van der Waals surface area (Å²) in [5, 5.41) is 43.0. The van der Waals surface area contributed by atoms with Crippen molar-refractivity contribution in [1.29, 1.82) is 0 Å². The maximum absolute atomic E-state index is 15.0. The lowest BCUT2D eigenvalue weighted by Gasteiger charge is -2.30. The van der Waals surface area contributed by atoms with Gasteiger partial charge in [-0.3, -0.25) is 48.1 Å². The predicted molar refractivity (Wildman–Crippen MR) is 372 cm³/mol. The minimum atomic E-state index is -1.80. The predicted octanol–water partition coefficient (Wildman–Crippen LogP) is 1.44. The first kappa shape index (κ1) is 78.2. The molecule has 0 unspecified atom stereocenters. The van der Waals surface area contributed by atoms with Gasteiger partial charge in [-0.2, -0.15) is 0 Å². The number of para-hydroxylation sites is 1. The number of H-pyrrole nitrogens is 1. The Balaban J connectivity index is 0.0000157. The van der Waals surface area contributed by atoms with Crippen molar-refractivity contribution < 1.29 is 72.4 Å². The number of nitrogens with zero attached hydrogens (tertiary/aromatic N) is 2. The van der Waals surface area contributed by atoms with Crippen LogP contribution < -0.4 is 64.5 Å². The first-order chi connectivity index (χ1) is 47.6.